The molecule has 0 aromatic carbocycles. The standard InChI is InChI=1S/C3H6O2.C2H3NO2.C2H4O2.3Na/c1-2-3(4)5;3-1-2(4)5;1-2(3)4;;;/h2H2,1H3,(H,4,5);1,3H,(H,4,5);1H3,(H,3,4);;;/q;;;3*+1/p-3. The summed E-state index contributed by atoms with van der Waals surface area (Å²) in [5, 5.41) is 33.0. The molecule has 0 radical (unpaired) electrons. The van der Waals surface area contributed by atoms with Gasteiger partial charge in [0, 0.05) is 18.2 Å². The zero-order valence-electron chi connectivity index (χ0n) is 10.7. The van der Waals surface area contributed by atoms with Crippen LogP contribution in [0.5, 0.6) is 0 Å². The average Bonchev–Trinajstić information content (AvgIpc) is 2.04. The van der Waals surface area contributed by atoms with Gasteiger partial charge >= 0.3 is 88.7 Å². The Balaban J connectivity index is -0.0000000247. The summed E-state index contributed by atoms with van der Waals surface area (Å²) in [6.07, 6.45) is 0.333. The molecule has 0 spiro atoms. The predicted molar refractivity (Wildman–Crippen MR) is 39.8 cm³/mol. The number of carbonyl (C=O) groups excluding carboxylic acids is 3. The van der Waals surface area contributed by atoms with Crippen molar-refractivity contribution in [3.8, 4) is 0 Å². The molecular weight excluding hydrogens is 263 g/mol. The van der Waals surface area contributed by atoms with Crippen LogP contribution in [0.2, 0.25) is 0 Å². The van der Waals surface area contributed by atoms with Gasteiger partial charge in [-0.15, -0.1) is 0 Å². The van der Waals surface area contributed by atoms with E-state index in [1.54, 1.807) is 0 Å². The van der Waals surface area contributed by atoms with Gasteiger partial charge in [-0.1, -0.05) is 6.92 Å². The molecule has 0 bridgehead atoms. The third-order valence-electron chi connectivity index (χ3n) is 0.407. The minimum atomic E-state index is -1.45. The summed E-state index contributed by atoms with van der Waals surface area (Å²) < 4.78 is 0. The molecule has 0 aliphatic heterocycles. The molecule has 82 valence electrons. The van der Waals surface area contributed by atoms with E-state index < -0.39 is 17.9 Å². The summed E-state index contributed by atoms with van der Waals surface area (Å²) >= 11 is 0. The van der Waals surface area contributed by atoms with E-state index >= 15 is 0 Å². The maximum atomic E-state index is 9.26. The summed E-state index contributed by atoms with van der Waals surface area (Å²) in [7, 11) is 0. The first-order valence-electron chi connectivity index (χ1n) is 3.36. The first-order valence-corrected chi connectivity index (χ1v) is 3.36. The molecular formula is C7H10NNa3O6. The zero-order valence-corrected chi connectivity index (χ0v) is 16.7. The molecule has 0 aromatic rings. The number of nitrogens with one attached hydrogen (secondary N) is 1. The van der Waals surface area contributed by atoms with Crippen molar-refractivity contribution in [1.29, 1.82) is 5.41 Å². The van der Waals surface area contributed by atoms with E-state index in [2.05, 4.69) is 0 Å². The van der Waals surface area contributed by atoms with Gasteiger partial charge in [-0.2, -0.15) is 0 Å². The molecule has 0 aromatic heterocycles. The summed E-state index contributed by atoms with van der Waals surface area (Å²) in [6.45, 7) is 2.51. The molecule has 10 heteroatoms. The Kier molecular flexibility index (Phi) is 64.3. The van der Waals surface area contributed by atoms with E-state index in [0.29, 0.717) is 0 Å². The average molecular weight is 273 g/mol. The number of carboxylic acid groups (broad SMARTS) is 3. The van der Waals surface area contributed by atoms with E-state index in [4.69, 9.17) is 25.2 Å². The van der Waals surface area contributed by atoms with Gasteiger partial charge in [0.1, 0.15) is 0 Å². The second kappa shape index (κ2) is 30.3. The van der Waals surface area contributed by atoms with Crippen LogP contribution in [0.4, 0.5) is 0 Å². The molecule has 0 unspecified atom stereocenters. The monoisotopic (exact) mass is 273 g/mol. The Labute approximate surface area is 166 Å². The number of carboxylic acids is 3. The van der Waals surface area contributed by atoms with Crippen LogP contribution in [-0.4, -0.2) is 24.1 Å². The molecule has 17 heavy (non-hydrogen) atoms. The van der Waals surface area contributed by atoms with Gasteiger partial charge < -0.3 is 35.1 Å². The van der Waals surface area contributed by atoms with Gasteiger partial charge in [-0.25, -0.2) is 0 Å². The maximum Gasteiger partial charge on any atom is 1.00 e. The first-order chi connectivity index (χ1) is 6.27. The fraction of sp³-hybridized carbons (Fsp3) is 0.429. The first kappa shape index (κ1) is 36.1. The van der Waals surface area contributed by atoms with Crippen molar-refractivity contribution in [2.75, 3.05) is 0 Å². The quantitative estimate of drug-likeness (QED) is 0.390. The van der Waals surface area contributed by atoms with Crippen molar-refractivity contribution in [1.82, 2.24) is 0 Å². The normalized spacial score (nSPS) is 5.53. The van der Waals surface area contributed by atoms with Crippen molar-refractivity contribution in [3.05, 3.63) is 0 Å². The molecule has 0 saturated carbocycles. The van der Waals surface area contributed by atoms with Crippen molar-refractivity contribution >= 4 is 24.1 Å². The summed E-state index contributed by atoms with van der Waals surface area (Å²) in [5.41, 5.74) is 0. The van der Waals surface area contributed by atoms with Gasteiger partial charge in [0.15, 0.2) is 0 Å². The number of hydrogen-bond acceptors (Lipinski definition) is 7. The minimum absolute atomic E-state index is 0. The van der Waals surface area contributed by atoms with Crippen molar-refractivity contribution in [3.63, 3.8) is 0 Å². The molecule has 7 nitrogen and oxygen atoms in total. The Morgan fingerprint density at radius 1 is 1.06 bits per heavy atom. The molecule has 1 N–H and O–H groups in total. The Hall–Kier alpha value is 1.08. The Morgan fingerprint density at radius 2 is 1.18 bits per heavy atom. The van der Waals surface area contributed by atoms with Crippen LogP contribution in [-0.2, 0) is 14.4 Å². The van der Waals surface area contributed by atoms with Crippen LogP contribution in [0.3, 0.4) is 0 Å². The van der Waals surface area contributed by atoms with Crippen LogP contribution in [0.25, 0.3) is 0 Å². The summed E-state index contributed by atoms with van der Waals surface area (Å²) in [5.74, 6) is -3.53. The van der Waals surface area contributed by atoms with Gasteiger partial charge in [-0.3, -0.25) is 0 Å². The Morgan fingerprint density at radius 3 is 1.18 bits per heavy atom. The number of rotatable bonds is 2. The fourth-order valence-electron chi connectivity index (χ4n) is 0. The second-order valence-corrected chi connectivity index (χ2v) is 1.68. The van der Waals surface area contributed by atoms with E-state index in [9.17, 15) is 9.90 Å². The van der Waals surface area contributed by atoms with Crippen LogP contribution >= 0.6 is 0 Å². The van der Waals surface area contributed by atoms with Gasteiger partial charge in [-0.05, 0) is 13.3 Å². The van der Waals surface area contributed by atoms with E-state index in [-0.39, 0.29) is 101 Å². The van der Waals surface area contributed by atoms with Gasteiger partial charge in [0.05, 0.1) is 5.97 Å². The second-order valence-electron chi connectivity index (χ2n) is 1.68. The third kappa shape index (κ3) is 151. The molecule has 0 aliphatic rings. The molecule has 0 heterocycles. The number of hydrogen-bond donors (Lipinski definition) is 1. The van der Waals surface area contributed by atoms with Crippen molar-refractivity contribution in [2.45, 2.75) is 20.3 Å². The predicted octanol–water partition coefficient (Wildman–Crippen LogP) is -12.7. The van der Waals surface area contributed by atoms with Crippen LogP contribution in [0, 0.1) is 5.41 Å². The van der Waals surface area contributed by atoms with Crippen molar-refractivity contribution in [2.24, 2.45) is 0 Å². The minimum Gasteiger partial charge on any atom is -0.550 e. The number of carbonyl (C=O) groups is 3. The number of aliphatic carboxylic acids is 3. The summed E-state index contributed by atoms with van der Waals surface area (Å²) in [6, 6.07) is 0. The molecule has 0 rings (SSSR count). The molecule has 0 aliphatic carbocycles. The van der Waals surface area contributed by atoms with Gasteiger partial charge in [0.25, 0.3) is 0 Å². The van der Waals surface area contributed by atoms with Crippen LogP contribution < -0.4 is 104 Å². The van der Waals surface area contributed by atoms with Gasteiger partial charge in [0.2, 0.25) is 0 Å². The van der Waals surface area contributed by atoms with E-state index in [0.717, 1.165) is 6.92 Å². The molecule has 0 fully saturated rings. The smallest absolute Gasteiger partial charge is 0.550 e. The van der Waals surface area contributed by atoms with Crippen molar-refractivity contribution < 1.29 is 118 Å². The van der Waals surface area contributed by atoms with E-state index in [1.807, 2.05) is 0 Å². The molecule has 0 amide bonds. The molecule has 0 saturated heterocycles. The zero-order chi connectivity index (χ0) is 12.1. The third-order valence-corrected chi connectivity index (χ3v) is 0.407. The fourth-order valence-corrected chi connectivity index (χ4v) is 0. The largest absolute Gasteiger partial charge is 1.00 e. The molecule has 0 atom stereocenters. The van der Waals surface area contributed by atoms with E-state index in [1.165, 1.54) is 6.92 Å². The maximum absolute atomic E-state index is 9.26. The Bertz CT molecular complexity index is 208. The summed E-state index contributed by atoms with van der Waals surface area (Å²) in [4.78, 5) is 27.2. The topological polar surface area (TPSA) is 144 Å². The van der Waals surface area contributed by atoms with Crippen LogP contribution in [0.1, 0.15) is 20.3 Å². The van der Waals surface area contributed by atoms with Crippen LogP contribution in [0.15, 0.2) is 0 Å². The SMILES string of the molecule is CC(=O)[O-].CCC(=O)[O-].N=CC(=O)[O-].[Na+].[Na+].[Na+].